The van der Waals surface area contributed by atoms with Gasteiger partial charge in [0, 0.05) is 16.6 Å². The summed E-state index contributed by atoms with van der Waals surface area (Å²) >= 11 is 3.48. The highest BCUT2D eigenvalue weighted by Crippen LogP contribution is 2.35. The van der Waals surface area contributed by atoms with Gasteiger partial charge in [-0.3, -0.25) is 0 Å². The molecule has 1 heterocycles. The molecule has 0 radical (unpaired) electrons. The van der Waals surface area contributed by atoms with Gasteiger partial charge < -0.3 is 15.4 Å². The summed E-state index contributed by atoms with van der Waals surface area (Å²) in [7, 11) is 0. The Morgan fingerprint density at radius 1 is 1.50 bits per heavy atom. The largest absolute Gasteiger partial charge is 0.444 e. The highest BCUT2D eigenvalue weighted by atomic mass is 79.9. The number of nitrogens with one attached hydrogen (secondary N) is 2. The molecule has 1 amide bonds. The molecule has 0 fully saturated rings. The Morgan fingerprint density at radius 2 is 2.22 bits per heavy atom. The summed E-state index contributed by atoms with van der Waals surface area (Å²) < 4.78 is 6.26. The maximum atomic E-state index is 11.7. The summed E-state index contributed by atoms with van der Waals surface area (Å²) in [5.41, 5.74) is 1.64. The summed E-state index contributed by atoms with van der Waals surface area (Å²) in [5.74, 6) is 0. The van der Waals surface area contributed by atoms with Gasteiger partial charge in [0.15, 0.2) is 0 Å². The second-order valence-corrected chi connectivity index (χ2v) is 6.14. The first-order valence-electron chi connectivity index (χ1n) is 5.88. The van der Waals surface area contributed by atoms with Crippen LogP contribution >= 0.6 is 15.9 Å². The van der Waals surface area contributed by atoms with Crippen molar-refractivity contribution in [2.45, 2.75) is 32.4 Å². The number of halogens is 1. The molecule has 1 aliphatic heterocycles. The Kier molecular flexibility index (Phi) is 3.52. The molecule has 4 nitrogen and oxygen atoms in total. The first-order valence-corrected chi connectivity index (χ1v) is 6.68. The third kappa shape index (κ3) is 2.96. The molecule has 5 heteroatoms. The van der Waals surface area contributed by atoms with Gasteiger partial charge in [-0.25, -0.2) is 4.79 Å². The van der Waals surface area contributed by atoms with Gasteiger partial charge in [-0.05, 0) is 42.8 Å². The van der Waals surface area contributed by atoms with Gasteiger partial charge in [-0.2, -0.15) is 0 Å². The number of carbonyl (C=O) groups excluding carboxylic acids is 1. The van der Waals surface area contributed by atoms with E-state index in [4.69, 9.17) is 4.74 Å². The Morgan fingerprint density at radius 3 is 2.89 bits per heavy atom. The van der Waals surface area contributed by atoms with Gasteiger partial charge in [0.2, 0.25) is 0 Å². The molecule has 1 aromatic rings. The zero-order chi connectivity index (χ0) is 13.3. The first kappa shape index (κ1) is 13.2. The molecule has 18 heavy (non-hydrogen) atoms. The third-order valence-corrected chi connectivity index (χ3v) is 3.26. The fourth-order valence-corrected chi connectivity index (χ4v) is 2.43. The van der Waals surface area contributed by atoms with Gasteiger partial charge >= 0.3 is 6.09 Å². The molecule has 0 aromatic heterocycles. The Bertz CT molecular complexity index is 469. The number of hydrogen-bond acceptors (Lipinski definition) is 3. The van der Waals surface area contributed by atoms with Crippen molar-refractivity contribution in [1.29, 1.82) is 0 Å². The van der Waals surface area contributed by atoms with Gasteiger partial charge in [0.05, 0.1) is 11.7 Å². The highest BCUT2D eigenvalue weighted by molar-refractivity contribution is 9.10. The lowest BCUT2D eigenvalue weighted by atomic mass is 10.1. The van der Waals surface area contributed by atoms with E-state index in [1.165, 1.54) is 0 Å². The SMILES string of the molecule is CC(C)(C)OC(=O)NC1CNc2c(Br)cccc21. The predicted molar refractivity (Wildman–Crippen MR) is 74.7 cm³/mol. The number of carbonyl (C=O) groups is 1. The van der Waals surface area contributed by atoms with Crippen LogP contribution in [-0.4, -0.2) is 18.2 Å². The molecule has 0 saturated heterocycles. The van der Waals surface area contributed by atoms with Crippen LogP contribution in [0.4, 0.5) is 10.5 Å². The average Bonchev–Trinajstić information content (AvgIpc) is 2.60. The number of anilines is 1. The summed E-state index contributed by atoms with van der Waals surface area (Å²) in [6.45, 7) is 6.23. The van der Waals surface area contributed by atoms with Crippen LogP contribution in [0.15, 0.2) is 22.7 Å². The molecule has 1 unspecified atom stereocenters. The molecule has 2 N–H and O–H groups in total. The quantitative estimate of drug-likeness (QED) is 0.835. The maximum Gasteiger partial charge on any atom is 0.408 e. The van der Waals surface area contributed by atoms with E-state index in [9.17, 15) is 4.79 Å². The van der Waals surface area contributed by atoms with Crippen LogP contribution in [0.25, 0.3) is 0 Å². The average molecular weight is 313 g/mol. The molecule has 1 aromatic carbocycles. The lowest BCUT2D eigenvalue weighted by Gasteiger charge is -2.21. The number of rotatable bonds is 1. The highest BCUT2D eigenvalue weighted by Gasteiger charge is 2.26. The van der Waals surface area contributed by atoms with Crippen LogP contribution in [0, 0.1) is 0 Å². The molecule has 1 atom stereocenters. The molecule has 0 spiro atoms. The van der Waals surface area contributed by atoms with Crippen molar-refractivity contribution in [3.8, 4) is 0 Å². The predicted octanol–water partition coefficient (Wildman–Crippen LogP) is 3.44. The number of para-hydroxylation sites is 1. The smallest absolute Gasteiger partial charge is 0.408 e. The zero-order valence-electron chi connectivity index (χ0n) is 10.7. The second kappa shape index (κ2) is 4.80. The zero-order valence-corrected chi connectivity index (χ0v) is 12.3. The summed E-state index contributed by atoms with van der Waals surface area (Å²) in [6.07, 6.45) is -0.387. The van der Waals surface area contributed by atoms with Crippen LogP contribution in [0.2, 0.25) is 0 Å². The standard InChI is InChI=1S/C13H17BrN2O2/c1-13(2,3)18-12(17)16-10-7-15-11-8(10)5-4-6-9(11)14/h4-6,10,15H,7H2,1-3H3,(H,16,17). The minimum absolute atomic E-state index is 0.0488. The normalized spacial score (nSPS) is 17.9. The molecule has 1 aliphatic rings. The molecule has 0 bridgehead atoms. The van der Waals surface area contributed by atoms with Gasteiger partial charge in [-0.1, -0.05) is 12.1 Å². The lowest BCUT2D eigenvalue weighted by molar-refractivity contribution is 0.0508. The monoisotopic (exact) mass is 312 g/mol. The fourth-order valence-electron chi connectivity index (χ4n) is 1.91. The molecule has 0 saturated carbocycles. The van der Waals surface area contributed by atoms with Crippen molar-refractivity contribution in [3.05, 3.63) is 28.2 Å². The number of ether oxygens (including phenoxy) is 1. The Labute approximate surface area is 115 Å². The van der Waals surface area contributed by atoms with E-state index in [0.29, 0.717) is 6.54 Å². The van der Waals surface area contributed by atoms with Crippen molar-refractivity contribution < 1.29 is 9.53 Å². The van der Waals surface area contributed by atoms with Crippen LogP contribution in [-0.2, 0) is 4.74 Å². The van der Waals surface area contributed by atoms with E-state index in [-0.39, 0.29) is 12.1 Å². The van der Waals surface area contributed by atoms with Crippen molar-refractivity contribution >= 4 is 27.7 Å². The van der Waals surface area contributed by atoms with Crippen LogP contribution in [0.1, 0.15) is 32.4 Å². The van der Waals surface area contributed by atoms with Gasteiger partial charge in [0.1, 0.15) is 5.60 Å². The maximum absolute atomic E-state index is 11.7. The number of alkyl carbamates (subject to hydrolysis) is 1. The molecule has 98 valence electrons. The molecular formula is C13H17BrN2O2. The Hall–Kier alpha value is -1.23. The van der Waals surface area contributed by atoms with E-state index in [0.717, 1.165) is 15.7 Å². The van der Waals surface area contributed by atoms with Crippen molar-refractivity contribution in [2.24, 2.45) is 0 Å². The van der Waals surface area contributed by atoms with Gasteiger partial charge in [-0.15, -0.1) is 0 Å². The van der Waals surface area contributed by atoms with Crippen molar-refractivity contribution in [1.82, 2.24) is 5.32 Å². The van der Waals surface area contributed by atoms with Crippen molar-refractivity contribution in [2.75, 3.05) is 11.9 Å². The van der Waals surface area contributed by atoms with E-state index < -0.39 is 5.60 Å². The number of fused-ring (bicyclic) bond motifs is 1. The molecule has 0 aliphatic carbocycles. The summed E-state index contributed by atoms with van der Waals surface area (Å²) in [6, 6.07) is 5.89. The van der Waals surface area contributed by atoms with E-state index in [1.54, 1.807) is 0 Å². The summed E-state index contributed by atoms with van der Waals surface area (Å²) in [4.78, 5) is 11.7. The fraction of sp³-hybridized carbons (Fsp3) is 0.462. The van der Waals surface area contributed by atoms with E-state index in [1.807, 2.05) is 39.0 Å². The molecule has 2 rings (SSSR count). The molecular weight excluding hydrogens is 296 g/mol. The number of hydrogen-bond donors (Lipinski definition) is 2. The lowest BCUT2D eigenvalue weighted by Crippen LogP contribution is -2.35. The van der Waals surface area contributed by atoms with E-state index >= 15 is 0 Å². The van der Waals surface area contributed by atoms with Crippen LogP contribution in [0.5, 0.6) is 0 Å². The number of amides is 1. The summed E-state index contributed by atoms with van der Waals surface area (Å²) in [5, 5.41) is 6.14. The minimum Gasteiger partial charge on any atom is -0.444 e. The van der Waals surface area contributed by atoms with Crippen LogP contribution in [0.3, 0.4) is 0 Å². The Balaban J connectivity index is 2.06. The minimum atomic E-state index is -0.476. The first-order chi connectivity index (χ1) is 8.37. The second-order valence-electron chi connectivity index (χ2n) is 5.28. The number of benzene rings is 1. The van der Waals surface area contributed by atoms with Crippen LogP contribution < -0.4 is 10.6 Å². The van der Waals surface area contributed by atoms with E-state index in [2.05, 4.69) is 26.6 Å². The third-order valence-electron chi connectivity index (χ3n) is 2.60. The topological polar surface area (TPSA) is 50.4 Å². The van der Waals surface area contributed by atoms with Crippen molar-refractivity contribution in [3.63, 3.8) is 0 Å². The van der Waals surface area contributed by atoms with Gasteiger partial charge in [0.25, 0.3) is 0 Å².